The fraction of sp³-hybridized carbons (Fsp3) is 0.263. The van der Waals surface area contributed by atoms with Gasteiger partial charge >= 0.3 is 5.97 Å². The van der Waals surface area contributed by atoms with Crippen LogP contribution in [0.4, 0.5) is 13.2 Å². The fourth-order valence-corrected chi connectivity index (χ4v) is 2.44. The van der Waals surface area contributed by atoms with Gasteiger partial charge in [-0.3, -0.25) is 9.59 Å². The Hall–Kier alpha value is -3.41. The van der Waals surface area contributed by atoms with Crippen LogP contribution in [0.5, 0.6) is 5.75 Å². The number of pyridine rings is 1. The van der Waals surface area contributed by atoms with E-state index in [0.29, 0.717) is 6.07 Å². The van der Waals surface area contributed by atoms with E-state index in [-0.39, 0.29) is 30.7 Å². The SMILES string of the molecule is CCOC(=O)CCC(=O)c1nc(Cc2c(F)ccc(F)c2F)cc(C#N)c1O. The first-order valence-corrected chi connectivity index (χ1v) is 8.22. The number of ether oxygens (including phenoxy) is 1. The molecule has 0 radical (unpaired) electrons. The molecule has 0 atom stereocenters. The number of aromatic hydroxyl groups is 1. The lowest BCUT2D eigenvalue weighted by atomic mass is 10.0. The standard InChI is InChI=1S/C19H15F3N2O4/c1-2-28-16(26)6-5-15(25)18-19(27)10(9-23)7-11(24-18)8-12-13(20)3-4-14(21)17(12)22/h3-4,7,27H,2,5-6,8H2,1H3. The second-order valence-electron chi connectivity index (χ2n) is 5.70. The lowest BCUT2D eigenvalue weighted by Gasteiger charge is -2.10. The average molecular weight is 392 g/mol. The average Bonchev–Trinajstić information content (AvgIpc) is 2.67. The second-order valence-corrected chi connectivity index (χ2v) is 5.70. The largest absolute Gasteiger partial charge is 0.504 e. The Morgan fingerprint density at radius 2 is 1.89 bits per heavy atom. The number of nitriles is 1. The van der Waals surface area contributed by atoms with Gasteiger partial charge in [0.05, 0.1) is 18.6 Å². The minimum absolute atomic E-state index is 0.128. The van der Waals surface area contributed by atoms with Crippen molar-refractivity contribution in [3.8, 4) is 11.8 Å². The minimum Gasteiger partial charge on any atom is -0.504 e. The molecule has 2 aromatic rings. The van der Waals surface area contributed by atoms with E-state index < -0.39 is 52.6 Å². The molecule has 0 fully saturated rings. The van der Waals surface area contributed by atoms with Gasteiger partial charge in [-0.2, -0.15) is 5.26 Å². The smallest absolute Gasteiger partial charge is 0.306 e. The van der Waals surface area contributed by atoms with Crippen molar-refractivity contribution in [2.45, 2.75) is 26.2 Å². The van der Waals surface area contributed by atoms with Crippen LogP contribution in [0.1, 0.15) is 47.1 Å². The van der Waals surface area contributed by atoms with Crippen LogP contribution in [0.15, 0.2) is 18.2 Å². The summed E-state index contributed by atoms with van der Waals surface area (Å²) in [6.07, 6.45) is -1.17. The van der Waals surface area contributed by atoms with Gasteiger partial charge in [-0.05, 0) is 25.1 Å². The number of halogens is 3. The van der Waals surface area contributed by atoms with Crippen LogP contribution in [0.2, 0.25) is 0 Å². The number of benzene rings is 1. The maximum Gasteiger partial charge on any atom is 0.306 e. The van der Waals surface area contributed by atoms with E-state index in [0.717, 1.165) is 12.1 Å². The maximum absolute atomic E-state index is 13.9. The molecule has 0 amide bonds. The van der Waals surface area contributed by atoms with Crippen molar-refractivity contribution >= 4 is 11.8 Å². The summed E-state index contributed by atoms with van der Waals surface area (Å²) in [5.74, 6) is -5.80. The number of esters is 1. The summed E-state index contributed by atoms with van der Waals surface area (Å²) in [6.45, 7) is 1.73. The first kappa shape index (κ1) is 20.9. The lowest BCUT2D eigenvalue weighted by Crippen LogP contribution is -2.11. The molecule has 0 spiro atoms. The molecular weight excluding hydrogens is 377 g/mol. The third kappa shape index (κ3) is 4.65. The van der Waals surface area contributed by atoms with Crippen molar-refractivity contribution in [1.29, 1.82) is 5.26 Å². The molecule has 1 aromatic heterocycles. The first-order chi connectivity index (χ1) is 13.3. The summed E-state index contributed by atoms with van der Waals surface area (Å²) in [5.41, 5.74) is -1.62. The predicted molar refractivity (Wildman–Crippen MR) is 89.9 cm³/mol. The van der Waals surface area contributed by atoms with E-state index in [2.05, 4.69) is 4.98 Å². The quantitative estimate of drug-likeness (QED) is 0.441. The second kappa shape index (κ2) is 8.99. The van der Waals surface area contributed by atoms with Crippen LogP contribution in [0.3, 0.4) is 0 Å². The highest BCUT2D eigenvalue weighted by Crippen LogP contribution is 2.26. The molecule has 6 nitrogen and oxygen atoms in total. The summed E-state index contributed by atoms with van der Waals surface area (Å²) in [6, 6.07) is 4.06. The number of aromatic nitrogens is 1. The van der Waals surface area contributed by atoms with E-state index in [1.54, 1.807) is 13.0 Å². The maximum atomic E-state index is 13.9. The molecule has 0 aliphatic carbocycles. The summed E-state index contributed by atoms with van der Waals surface area (Å²) in [7, 11) is 0. The molecule has 0 unspecified atom stereocenters. The van der Waals surface area contributed by atoms with E-state index in [1.165, 1.54) is 0 Å². The third-order valence-corrected chi connectivity index (χ3v) is 3.79. The molecule has 1 heterocycles. The Bertz CT molecular complexity index is 971. The molecule has 2 rings (SSSR count). The Labute approximate surface area is 158 Å². The zero-order valence-electron chi connectivity index (χ0n) is 14.8. The van der Waals surface area contributed by atoms with Gasteiger partial charge in [0.15, 0.2) is 23.2 Å². The summed E-state index contributed by atoms with van der Waals surface area (Å²) in [5, 5.41) is 19.2. The molecule has 146 valence electrons. The summed E-state index contributed by atoms with van der Waals surface area (Å²) in [4.78, 5) is 27.5. The van der Waals surface area contributed by atoms with Crippen LogP contribution >= 0.6 is 0 Å². The fourth-order valence-electron chi connectivity index (χ4n) is 2.44. The van der Waals surface area contributed by atoms with Gasteiger partial charge < -0.3 is 9.84 Å². The number of carbonyl (C=O) groups excluding carboxylic acids is 2. The van der Waals surface area contributed by atoms with Crippen LogP contribution in [0.25, 0.3) is 0 Å². The Kier molecular flexibility index (Phi) is 6.71. The predicted octanol–water partition coefficient (Wildman–Crippen LogP) is 3.19. The molecule has 9 heteroatoms. The molecular formula is C19H15F3N2O4. The highest BCUT2D eigenvalue weighted by molar-refractivity contribution is 5.98. The number of nitrogens with zero attached hydrogens (tertiary/aromatic N) is 2. The summed E-state index contributed by atoms with van der Waals surface area (Å²) < 4.78 is 45.8. The molecule has 28 heavy (non-hydrogen) atoms. The zero-order chi connectivity index (χ0) is 20.8. The number of hydrogen-bond acceptors (Lipinski definition) is 6. The van der Waals surface area contributed by atoms with E-state index in [9.17, 15) is 27.9 Å². The van der Waals surface area contributed by atoms with Crippen molar-refractivity contribution in [2.75, 3.05) is 6.61 Å². The van der Waals surface area contributed by atoms with E-state index in [1.807, 2.05) is 0 Å². The number of rotatable bonds is 7. The molecule has 1 N–H and O–H groups in total. The van der Waals surface area contributed by atoms with Crippen LogP contribution < -0.4 is 0 Å². The van der Waals surface area contributed by atoms with E-state index in [4.69, 9.17) is 10.00 Å². The van der Waals surface area contributed by atoms with Crippen LogP contribution in [-0.2, 0) is 16.0 Å². The van der Waals surface area contributed by atoms with Gasteiger partial charge in [0.2, 0.25) is 0 Å². The topological polar surface area (TPSA) is 100 Å². The van der Waals surface area contributed by atoms with Crippen molar-refractivity contribution in [2.24, 2.45) is 0 Å². The van der Waals surface area contributed by atoms with E-state index >= 15 is 0 Å². The monoisotopic (exact) mass is 392 g/mol. The molecule has 0 bridgehead atoms. The number of ketones is 1. The molecule has 0 aliphatic heterocycles. The molecule has 1 aromatic carbocycles. The highest BCUT2D eigenvalue weighted by Gasteiger charge is 2.21. The van der Waals surface area contributed by atoms with Crippen molar-refractivity contribution in [1.82, 2.24) is 4.98 Å². The number of carbonyl (C=O) groups is 2. The number of hydrogen-bond donors (Lipinski definition) is 1. The van der Waals surface area contributed by atoms with Gasteiger partial charge in [-0.25, -0.2) is 18.2 Å². The van der Waals surface area contributed by atoms with Gasteiger partial charge in [0.25, 0.3) is 0 Å². The molecule has 0 aliphatic rings. The first-order valence-electron chi connectivity index (χ1n) is 8.22. The Morgan fingerprint density at radius 3 is 2.54 bits per heavy atom. The Morgan fingerprint density at radius 1 is 1.21 bits per heavy atom. The van der Waals surface area contributed by atoms with Crippen LogP contribution in [-0.4, -0.2) is 28.4 Å². The number of Topliss-reactive ketones (excluding diaryl/α,β-unsaturated/α-hetero) is 1. The third-order valence-electron chi connectivity index (χ3n) is 3.79. The van der Waals surface area contributed by atoms with Gasteiger partial charge in [-0.15, -0.1) is 0 Å². The molecule has 0 saturated carbocycles. The minimum atomic E-state index is -1.41. The highest BCUT2D eigenvalue weighted by atomic mass is 19.2. The normalized spacial score (nSPS) is 10.4. The summed E-state index contributed by atoms with van der Waals surface area (Å²) >= 11 is 0. The van der Waals surface area contributed by atoms with Gasteiger partial charge in [0.1, 0.15) is 17.6 Å². The van der Waals surface area contributed by atoms with Crippen molar-refractivity contribution in [3.63, 3.8) is 0 Å². The lowest BCUT2D eigenvalue weighted by molar-refractivity contribution is -0.143. The van der Waals surface area contributed by atoms with Gasteiger partial charge in [0, 0.05) is 24.1 Å². The van der Waals surface area contributed by atoms with Gasteiger partial charge in [-0.1, -0.05) is 0 Å². The molecule has 0 saturated heterocycles. The van der Waals surface area contributed by atoms with Crippen LogP contribution in [0, 0.1) is 28.8 Å². The Balaban J connectivity index is 2.37. The van der Waals surface area contributed by atoms with Crippen molar-refractivity contribution in [3.05, 3.63) is 58.2 Å². The van der Waals surface area contributed by atoms with Crippen molar-refractivity contribution < 1.29 is 32.6 Å². The zero-order valence-corrected chi connectivity index (χ0v) is 14.8.